The highest BCUT2D eigenvalue weighted by atomic mass is 32.2. The van der Waals surface area contributed by atoms with Crippen LogP contribution in [0.5, 0.6) is 5.75 Å². The highest BCUT2D eigenvalue weighted by molar-refractivity contribution is 7.99. The Labute approximate surface area is 145 Å². The van der Waals surface area contributed by atoms with E-state index < -0.39 is 0 Å². The van der Waals surface area contributed by atoms with E-state index in [2.05, 4.69) is 27.8 Å². The molecule has 1 aromatic carbocycles. The Morgan fingerprint density at radius 1 is 1.21 bits per heavy atom. The highest BCUT2D eigenvalue weighted by Crippen LogP contribution is 2.32. The third-order valence-electron chi connectivity index (χ3n) is 3.56. The molecule has 1 aliphatic rings. The summed E-state index contributed by atoms with van der Waals surface area (Å²) in [4.78, 5) is 0. The predicted octanol–water partition coefficient (Wildman–Crippen LogP) is 3.96. The van der Waals surface area contributed by atoms with Crippen LogP contribution in [-0.2, 0) is 0 Å². The van der Waals surface area contributed by atoms with Gasteiger partial charge in [-0.3, -0.25) is 0 Å². The molecule has 3 aromatic rings. The Morgan fingerprint density at radius 2 is 2.00 bits per heavy atom. The second kappa shape index (κ2) is 7.44. The normalized spacial score (nSPS) is 15.7. The molecule has 0 bridgehead atoms. The van der Waals surface area contributed by atoms with Gasteiger partial charge in [0.05, 0.1) is 19.4 Å². The number of ether oxygens (including phenoxy) is 1. The maximum absolute atomic E-state index is 5.43. The van der Waals surface area contributed by atoms with Crippen LogP contribution in [-0.4, -0.2) is 27.7 Å². The van der Waals surface area contributed by atoms with Gasteiger partial charge in [-0.25, -0.2) is 4.68 Å². The zero-order chi connectivity index (χ0) is 16.9. The molecule has 0 fully saturated rings. The average Bonchev–Trinajstić information content (AvgIpc) is 3.32. The van der Waals surface area contributed by atoms with Crippen molar-refractivity contribution < 1.29 is 9.15 Å². The van der Waals surface area contributed by atoms with Gasteiger partial charge in [0.25, 0.3) is 0 Å². The summed E-state index contributed by atoms with van der Waals surface area (Å²) in [6, 6.07) is 12.0. The number of fused-ring (bicyclic) bond motifs is 1. The van der Waals surface area contributed by atoms with E-state index in [9.17, 15) is 0 Å². The number of rotatable bonds is 3. The summed E-state index contributed by atoms with van der Waals surface area (Å²) in [5, 5.41) is 9.26. The number of hydrogen-bond acceptors (Lipinski definition) is 6. The minimum absolute atomic E-state index is 0.174. The topological polar surface area (TPSA) is 65.1 Å². The predicted molar refractivity (Wildman–Crippen MR) is 94.9 cm³/mol. The van der Waals surface area contributed by atoms with Crippen LogP contribution in [0.25, 0.3) is 11.6 Å². The van der Waals surface area contributed by atoms with E-state index in [-0.39, 0.29) is 6.04 Å². The number of furan rings is 1. The van der Waals surface area contributed by atoms with E-state index in [1.807, 2.05) is 42.8 Å². The number of nitrogens with zero attached hydrogens (tertiary/aromatic N) is 3. The van der Waals surface area contributed by atoms with Crippen molar-refractivity contribution in [1.82, 2.24) is 14.9 Å². The lowest BCUT2D eigenvalue weighted by atomic mass is 10.1. The smallest absolute Gasteiger partial charge is 0.219 e. The van der Waals surface area contributed by atoms with Crippen molar-refractivity contribution in [3.8, 4) is 17.3 Å². The second-order valence-electron chi connectivity index (χ2n) is 4.88. The van der Waals surface area contributed by atoms with Gasteiger partial charge in [-0.05, 0) is 29.8 Å². The summed E-state index contributed by atoms with van der Waals surface area (Å²) in [6.07, 6.45) is 1.63. The Balaban J connectivity index is 0.000000815. The molecule has 0 aliphatic carbocycles. The zero-order valence-corrected chi connectivity index (χ0v) is 14.7. The van der Waals surface area contributed by atoms with Gasteiger partial charge in [-0.1, -0.05) is 37.7 Å². The third kappa shape index (κ3) is 3.12. The van der Waals surface area contributed by atoms with Gasteiger partial charge in [0.2, 0.25) is 11.0 Å². The minimum Gasteiger partial charge on any atom is -0.497 e. The van der Waals surface area contributed by atoms with Crippen molar-refractivity contribution >= 4 is 11.8 Å². The van der Waals surface area contributed by atoms with E-state index in [1.165, 1.54) is 5.56 Å². The number of nitrogens with one attached hydrogen (secondary N) is 1. The first-order chi connectivity index (χ1) is 11.8. The molecule has 3 heterocycles. The van der Waals surface area contributed by atoms with E-state index in [1.54, 1.807) is 25.1 Å². The molecule has 1 N–H and O–H groups in total. The van der Waals surface area contributed by atoms with Crippen molar-refractivity contribution in [3.05, 3.63) is 48.2 Å². The van der Waals surface area contributed by atoms with Gasteiger partial charge in [0.15, 0.2) is 5.76 Å². The lowest BCUT2D eigenvalue weighted by Crippen LogP contribution is -2.28. The van der Waals surface area contributed by atoms with Crippen molar-refractivity contribution in [3.63, 3.8) is 0 Å². The molecular weight excluding hydrogens is 324 g/mol. The van der Waals surface area contributed by atoms with E-state index in [0.29, 0.717) is 11.6 Å². The zero-order valence-electron chi connectivity index (χ0n) is 13.9. The third-order valence-corrected chi connectivity index (χ3v) is 4.58. The van der Waals surface area contributed by atoms with Crippen LogP contribution in [0, 0.1) is 0 Å². The Bertz CT molecular complexity index is 769. The Morgan fingerprint density at radius 3 is 2.67 bits per heavy atom. The molecule has 4 rings (SSSR count). The van der Waals surface area contributed by atoms with Gasteiger partial charge < -0.3 is 14.6 Å². The van der Waals surface area contributed by atoms with Crippen LogP contribution in [0.2, 0.25) is 0 Å². The number of methoxy groups -OCH3 is 1. The van der Waals surface area contributed by atoms with E-state index >= 15 is 0 Å². The number of thioether (sulfide) groups is 1. The van der Waals surface area contributed by atoms with Crippen LogP contribution < -0.4 is 10.2 Å². The number of aromatic nitrogens is 3. The minimum atomic E-state index is 0.174. The molecule has 6 nitrogen and oxygen atoms in total. The van der Waals surface area contributed by atoms with Gasteiger partial charge in [-0.15, -0.1) is 10.2 Å². The molecule has 126 valence electrons. The first-order valence-electron chi connectivity index (χ1n) is 7.88. The van der Waals surface area contributed by atoms with Crippen molar-refractivity contribution in [2.24, 2.45) is 0 Å². The first-order valence-corrected chi connectivity index (χ1v) is 8.86. The molecule has 0 spiro atoms. The number of hydrogen-bond donors (Lipinski definition) is 1. The molecule has 0 saturated heterocycles. The molecule has 24 heavy (non-hydrogen) atoms. The van der Waals surface area contributed by atoms with Crippen molar-refractivity contribution in [1.29, 1.82) is 0 Å². The van der Waals surface area contributed by atoms with Crippen LogP contribution in [0.15, 0.2) is 52.2 Å². The monoisotopic (exact) mass is 344 g/mol. The molecular formula is C17H20N4O2S. The summed E-state index contributed by atoms with van der Waals surface area (Å²) >= 11 is 1.67. The molecule has 1 unspecified atom stereocenters. The van der Waals surface area contributed by atoms with Gasteiger partial charge in [-0.2, -0.15) is 0 Å². The molecule has 2 aromatic heterocycles. The van der Waals surface area contributed by atoms with Crippen LogP contribution in [0.1, 0.15) is 25.5 Å². The lowest BCUT2D eigenvalue weighted by Gasteiger charge is -2.26. The SMILES string of the molecule is CC.COc1ccc(C2CSc3nnc(-c4ccco4)n3N2)cc1. The maximum Gasteiger partial charge on any atom is 0.219 e. The van der Waals surface area contributed by atoms with Crippen LogP contribution in [0.3, 0.4) is 0 Å². The van der Waals surface area contributed by atoms with Crippen molar-refractivity contribution in [2.75, 3.05) is 18.3 Å². The molecule has 0 saturated carbocycles. The fourth-order valence-corrected chi connectivity index (χ4v) is 3.35. The fraction of sp³-hybridized carbons (Fsp3) is 0.294. The van der Waals surface area contributed by atoms with Crippen LogP contribution >= 0.6 is 11.8 Å². The lowest BCUT2D eigenvalue weighted by molar-refractivity contribution is 0.414. The van der Waals surface area contributed by atoms with Crippen molar-refractivity contribution in [2.45, 2.75) is 25.0 Å². The summed E-state index contributed by atoms with van der Waals surface area (Å²) in [6.45, 7) is 4.00. The van der Waals surface area contributed by atoms with Gasteiger partial charge in [0, 0.05) is 5.75 Å². The summed E-state index contributed by atoms with van der Waals surface area (Å²) < 4.78 is 12.5. The van der Waals surface area contributed by atoms with Crippen LogP contribution in [0.4, 0.5) is 0 Å². The molecule has 1 aliphatic heterocycles. The maximum atomic E-state index is 5.43. The largest absolute Gasteiger partial charge is 0.497 e. The molecule has 0 radical (unpaired) electrons. The summed E-state index contributed by atoms with van der Waals surface area (Å²) in [7, 11) is 1.67. The standard InChI is InChI=1S/C15H14N4O2S.C2H6/c1-20-11-6-4-10(5-7-11)12-9-22-15-17-16-14(19(15)18-12)13-3-2-8-21-13;1-2/h2-8,12,18H,9H2,1H3;1-2H3. The van der Waals surface area contributed by atoms with Gasteiger partial charge >= 0.3 is 0 Å². The average molecular weight is 344 g/mol. The Hall–Kier alpha value is -2.41. The summed E-state index contributed by atoms with van der Waals surface area (Å²) in [5.41, 5.74) is 4.65. The van der Waals surface area contributed by atoms with E-state index in [0.717, 1.165) is 16.7 Å². The quantitative estimate of drug-likeness (QED) is 0.776. The molecule has 1 atom stereocenters. The fourth-order valence-electron chi connectivity index (χ4n) is 2.40. The molecule has 7 heteroatoms. The second-order valence-corrected chi connectivity index (χ2v) is 5.87. The Kier molecular flexibility index (Phi) is 5.10. The van der Waals surface area contributed by atoms with Gasteiger partial charge in [0.1, 0.15) is 5.75 Å². The van der Waals surface area contributed by atoms with E-state index in [4.69, 9.17) is 9.15 Å². The summed E-state index contributed by atoms with van der Waals surface area (Å²) in [5.74, 6) is 3.13. The first kappa shape index (κ1) is 16.4. The number of benzene rings is 1. The highest BCUT2D eigenvalue weighted by Gasteiger charge is 2.25. The molecule has 0 amide bonds.